The van der Waals surface area contributed by atoms with Gasteiger partial charge < -0.3 is 10.2 Å². The Morgan fingerprint density at radius 2 is 2.27 bits per heavy atom. The maximum atomic E-state index is 12.2. The van der Waals surface area contributed by atoms with Crippen LogP contribution < -0.4 is 5.32 Å². The maximum absolute atomic E-state index is 12.2. The zero-order chi connectivity index (χ0) is 14.2. The Labute approximate surface area is 149 Å². The van der Waals surface area contributed by atoms with Crippen LogP contribution in [0.25, 0.3) is 0 Å². The number of aromatic nitrogens is 1. The average Bonchev–Trinajstić information content (AvgIpc) is 2.93. The number of carbonyl (C=O) groups is 1. The molecule has 0 aliphatic carbocycles. The number of likely N-dealkylation sites (N-methyl/N-ethyl adjacent to an activating group) is 1. The lowest BCUT2D eigenvalue weighted by Gasteiger charge is -2.24. The molecule has 2 heterocycles. The quantitative estimate of drug-likeness (QED) is 0.754. The Balaban J connectivity index is 0.00000220. The Hall–Kier alpha value is -0.490. The average molecular weight is 366 g/mol. The van der Waals surface area contributed by atoms with Crippen LogP contribution in [0.1, 0.15) is 25.0 Å². The highest BCUT2D eigenvalue weighted by Crippen LogP contribution is 2.19. The molecule has 1 aliphatic rings. The number of rotatable bonds is 7. The summed E-state index contributed by atoms with van der Waals surface area (Å²) in [5.74, 6) is 2.06. The van der Waals surface area contributed by atoms with Gasteiger partial charge in [-0.1, -0.05) is 6.07 Å². The Kier molecular flexibility index (Phi) is 11.7. The summed E-state index contributed by atoms with van der Waals surface area (Å²) >= 11 is 1.78. The van der Waals surface area contributed by atoms with Crippen molar-refractivity contribution < 1.29 is 4.79 Å². The van der Waals surface area contributed by atoms with Gasteiger partial charge in [0.2, 0.25) is 5.91 Å². The summed E-state index contributed by atoms with van der Waals surface area (Å²) in [6.07, 6.45) is 4.72. The standard InChI is InChI=1S/C15H23N3OS.2ClH/c1-16-11-14-6-4-9-18(14)15(19)7-10-20-12-13-5-2-3-8-17-13;;/h2-3,5,8,14,16H,4,6-7,9-12H2,1H3;2*1H. The molecule has 1 atom stereocenters. The van der Waals surface area contributed by atoms with E-state index in [1.165, 1.54) is 0 Å². The number of amides is 1. The SMILES string of the molecule is CNCC1CCCN1C(=O)CCSCc1ccccn1.Cl.Cl. The summed E-state index contributed by atoms with van der Waals surface area (Å²) < 4.78 is 0. The fourth-order valence-electron chi connectivity index (χ4n) is 2.58. The fourth-order valence-corrected chi connectivity index (χ4v) is 3.42. The van der Waals surface area contributed by atoms with Gasteiger partial charge in [-0.15, -0.1) is 24.8 Å². The molecule has 1 aliphatic heterocycles. The molecule has 4 nitrogen and oxygen atoms in total. The lowest BCUT2D eigenvalue weighted by molar-refractivity contribution is -0.131. The van der Waals surface area contributed by atoms with Gasteiger partial charge in [-0.2, -0.15) is 11.8 Å². The van der Waals surface area contributed by atoms with Gasteiger partial charge in [0.05, 0.1) is 5.69 Å². The highest BCUT2D eigenvalue weighted by Gasteiger charge is 2.27. The molecular weight excluding hydrogens is 341 g/mol. The second-order valence-electron chi connectivity index (χ2n) is 5.06. The molecule has 126 valence electrons. The monoisotopic (exact) mass is 365 g/mol. The first-order valence-electron chi connectivity index (χ1n) is 7.23. The molecular formula is C15H25Cl2N3OS. The molecule has 1 fully saturated rings. The van der Waals surface area contributed by atoms with E-state index in [1.54, 1.807) is 11.8 Å². The largest absolute Gasteiger partial charge is 0.338 e. The first-order chi connectivity index (χ1) is 9.81. The topological polar surface area (TPSA) is 45.2 Å². The van der Waals surface area contributed by atoms with Gasteiger partial charge in [0.15, 0.2) is 0 Å². The first kappa shape index (κ1) is 21.5. The van der Waals surface area contributed by atoms with Gasteiger partial charge in [0.25, 0.3) is 0 Å². The minimum atomic E-state index is 0. The fraction of sp³-hybridized carbons (Fsp3) is 0.600. The van der Waals surface area contributed by atoms with Crippen molar-refractivity contribution >= 4 is 42.5 Å². The summed E-state index contributed by atoms with van der Waals surface area (Å²) in [5.41, 5.74) is 1.08. The van der Waals surface area contributed by atoms with Crippen LogP contribution in [0.15, 0.2) is 24.4 Å². The number of likely N-dealkylation sites (tertiary alicyclic amines) is 1. The predicted octanol–water partition coefficient (Wildman–Crippen LogP) is 2.76. The number of carbonyl (C=O) groups excluding carboxylic acids is 1. The summed E-state index contributed by atoms with van der Waals surface area (Å²) in [6.45, 7) is 1.84. The molecule has 1 amide bonds. The number of pyridine rings is 1. The number of nitrogens with one attached hydrogen (secondary N) is 1. The van der Waals surface area contributed by atoms with Crippen LogP contribution in [-0.2, 0) is 10.5 Å². The molecule has 1 saturated heterocycles. The first-order valence-corrected chi connectivity index (χ1v) is 8.38. The highest BCUT2D eigenvalue weighted by atomic mass is 35.5. The number of hydrogen-bond acceptors (Lipinski definition) is 4. The summed E-state index contributed by atoms with van der Waals surface area (Å²) in [7, 11) is 1.95. The van der Waals surface area contributed by atoms with Crippen LogP contribution in [0.4, 0.5) is 0 Å². The summed E-state index contributed by atoms with van der Waals surface area (Å²) in [4.78, 5) is 18.5. The van der Waals surface area contributed by atoms with Crippen molar-refractivity contribution in [2.24, 2.45) is 0 Å². The van der Waals surface area contributed by atoms with Gasteiger partial charge in [-0.25, -0.2) is 0 Å². The summed E-state index contributed by atoms with van der Waals surface area (Å²) in [6, 6.07) is 6.35. The zero-order valence-electron chi connectivity index (χ0n) is 12.9. The van der Waals surface area contributed by atoms with Crippen LogP contribution in [0.3, 0.4) is 0 Å². The molecule has 0 radical (unpaired) electrons. The van der Waals surface area contributed by atoms with Crippen molar-refractivity contribution in [3.8, 4) is 0 Å². The lowest BCUT2D eigenvalue weighted by atomic mass is 10.2. The van der Waals surface area contributed by atoms with Gasteiger partial charge in [0, 0.05) is 43.3 Å². The van der Waals surface area contributed by atoms with Crippen LogP contribution in [0.5, 0.6) is 0 Å². The van der Waals surface area contributed by atoms with Gasteiger partial charge in [0.1, 0.15) is 0 Å². The van der Waals surface area contributed by atoms with E-state index in [9.17, 15) is 4.79 Å². The molecule has 2 rings (SSSR count). The van der Waals surface area contributed by atoms with E-state index in [4.69, 9.17) is 0 Å². The van der Waals surface area contributed by atoms with Gasteiger partial charge in [-0.3, -0.25) is 9.78 Å². The van der Waals surface area contributed by atoms with Crippen LogP contribution in [0, 0.1) is 0 Å². The van der Waals surface area contributed by atoms with E-state index >= 15 is 0 Å². The second-order valence-corrected chi connectivity index (χ2v) is 6.17. The molecule has 7 heteroatoms. The van der Waals surface area contributed by atoms with Crippen molar-refractivity contribution in [1.29, 1.82) is 0 Å². The van der Waals surface area contributed by atoms with E-state index < -0.39 is 0 Å². The van der Waals surface area contributed by atoms with E-state index in [1.807, 2.05) is 31.4 Å². The van der Waals surface area contributed by atoms with Crippen molar-refractivity contribution in [3.05, 3.63) is 30.1 Å². The Bertz CT molecular complexity index is 423. The highest BCUT2D eigenvalue weighted by molar-refractivity contribution is 7.98. The van der Waals surface area contributed by atoms with E-state index in [-0.39, 0.29) is 24.8 Å². The summed E-state index contributed by atoms with van der Waals surface area (Å²) in [5, 5.41) is 3.18. The van der Waals surface area contributed by atoms with Gasteiger partial charge in [-0.05, 0) is 32.0 Å². The molecule has 22 heavy (non-hydrogen) atoms. The van der Waals surface area contributed by atoms with Crippen molar-refractivity contribution in [3.63, 3.8) is 0 Å². The van der Waals surface area contributed by atoms with Crippen LogP contribution >= 0.6 is 36.6 Å². The van der Waals surface area contributed by atoms with Crippen molar-refractivity contribution in [1.82, 2.24) is 15.2 Å². The minimum Gasteiger partial charge on any atom is -0.338 e. The molecule has 1 aromatic heterocycles. The number of thioether (sulfide) groups is 1. The molecule has 1 N–H and O–H groups in total. The van der Waals surface area contributed by atoms with Gasteiger partial charge >= 0.3 is 0 Å². The molecule has 0 saturated carbocycles. The molecule has 1 aromatic rings. The van der Waals surface area contributed by atoms with Crippen LogP contribution in [-0.4, -0.2) is 47.7 Å². The Morgan fingerprint density at radius 3 is 2.95 bits per heavy atom. The molecule has 0 aromatic carbocycles. The van der Waals surface area contributed by atoms with Crippen molar-refractivity contribution in [2.75, 3.05) is 25.9 Å². The number of nitrogens with zero attached hydrogens (tertiary/aromatic N) is 2. The molecule has 1 unspecified atom stereocenters. The third kappa shape index (κ3) is 6.73. The predicted molar refractivity (Wildman–Crippen MR) is 98.2 cm³/mol. The normalized spacial score (nSPS) is 16.8. The molecule has 0 bridgehead atoms. The van der Waals surface area contributed by atoms with E-state index in [0.29, 0.717) is 18.4 Å². The zero-order valence-corrected chi connectivity index (χ0v) is 15.3. The minimum absolute atomic E-state index is 0. The second kappa shape index (κ2) is 12.0. The third-order valence-electron chi connectivity index (χ3n) is 3.57. The smallest absolute Gasteiger partial charge is 0.223 e. The maximum Gasteiger partial charge on any atom is 0.223 e. The van der Waals surface area contributed by atoms with Crippen molar-refractivity contribution in [2.45, 2.75) is 31.1 Å². The molecule has 0 spiro atoms. The number of halogens is 2. The van der Waals surface area contributed by atoms with E-state index in [2.05, 4.69) is 15.2 Å². The van der Waals surface area contributed by atoms with Crippen LogP contribution in [0.2, 0.25) is 0 Å². The number of hydrogen-bond donors (Lipinski definition) is 1. The Morgan fingerprint density at radius 1 is 1.45 bits per heavy atom. The van der Waals surface area contributed by atoms with E-state index in [0.717, 1.165) is 43.1 Å². The lowest BCUT2D eigenvalue weighted by Crippen LogP contribution is -2.40. The third-order valence-corrected chi connectivity index (χ3v) is 4.57.